The summed E-state index contributed by atoms with van der Waals surface area (Å²) in [5, 5.41) is 0. The lowest BCUT2D eigenvalue weighted by molar-refractivity contribution is -0.132. The van der Waals surface area contributed by atoms with Gasteiger partial charge in [-0.15, -0.1) is 0 Å². The first-order valence-corrected chi connectivity index (χ1v) is 6.44. The minimum Gasteiger partial charge on any atom is -0.340 e. The Morgan fingerprint density at radius 2 is 1.89 bits per heavy atom. The topological polar surface area (TPSA) is 23.6 Å². The molecule has 0 bridgehead atoms. The van der Waals surface area contributed by atoms with Gasteiger partial charge in [-0.05, 0) is 18.2 Å². The normalized spacial score (nSPS) is 16.9. The van der Waals surface area contributed by atoms with Gasteiger partial charge in [-0.25, -0.2) is 4.39 Å². The van der Waals surface area contributed by atoms with Crippen LogP contribution in [0.25, 0.3) is 0 Å². The average Bonchev–Trinajstić information content (AvgIpc) is 2.41. The van der Waals surface area contributed by atoms with Crippen LogP contribution in [-0.2, 0) is 11.2 Å². The Kier molecular flexibility index (Phi) is 4.31. The Balaban J connectivity index is 1.91. The molecule has 0 unspecified atom stereocenters. The van der Waals surface area contributed by atoms with Crippen molar-refractivity contribution in [1.29, 1.82) is 0 Å². The molecule has 0 saturated carbocycles. The molecule has 4 heteroatoms. The van der Waals surface area contributed by atoms with Crippen LogP contribution in [0.5, 0.6) is 0 Å². The van der Waals surface area contributed by atoms with Crippen LogP contribution in [0.4, 0.5) is 4.39 Å². The molecule has 1 aromatic carbocycles. The maximum Gasteiger partial charge on any atom is 0.227 e. The van der Waals surface area contributed by atoms with Crippen LogP contribution in [0.1, 0.15) is 12.5 Å². The summed E-state index contributed by atoms with van der Waals surface area (Å²) < 4.78 is 13.5. The highest BCUT2D eigenvalue weighted by Crippen LogP contribution is 2.10. The molecule has 1 fully saturated rings. The van der Waals surface area contributed by atoms with Gasteiger partial charge in [0.2, 0.25) is 5.91 Å². The molecule has 0 aliphatic carbocycles. The van der Waals surface area contributed by atoms with Crippen molar-refractivity contribution >= 4 is 5.91 Å². The molecular weight excluding hydrogens is 231 g/mol. The molecule has 98 valence electrons. The Bertz CT molecular complexity index is 414. The van der Waals surface area contributed by atoms with Gasteiger partial charge in [-0.3, -0.25) is 4.79 Å². The molecule has 0 radical (unpaired) electrons. The van der Waals surface area contributed by atoms with Crippen molar-refractivity contribution < 1.29 is 9.18 Å². The standard InChI is InChI=1S/C14H19FN2O/c1-2-16-7-9-17(10-8-16)14(18)11-12-5-3-4-6-13(12)15/h3-6H,2,7-11H2,1H3. The zero-order valence-electron chi connectivity index (χ0n) is 10.7. The van der Waals surface area contributed by atoms with Crippen molar-refractivity contribution in [3.05, 3.63) is 35.6 Å². The van der Waals surface area contributed by atoms with Crippen LogP contribution in [0.15, 0.2) is 24.3 Å². The van der Waals surface area contributed by atoms with E-state index < -0.39 is 0 Å². The molecule has 1 heterocycles. The van der Waals surface area contributed by atoms with Crippen molar-refractivity contribution in [1.82, 2.24) is 9.80 Å². The van der Waals surface area contributed by atoms with Crippen LogP contribution < -0.4 is 0 Å². The van der Waals surface area contributed by atoms with Crippen molar-refractivity contribution in [2.75, 3.05) is 32.7 Å². The van der Waals surface area contributed by atoms with E-state index in [2.05, 4.69) is 11.8 Å². The van der Waals surface area contributed by atoms with E-state index in [-0.39, 0.29) is 18.1 Å². The number of carbonyl (C=O) groups is 1. The van der Waals surface area contributed by atoms with Crippen LogP contribution in [0, 0.1) is 5.82 Å². The number of amides is 1. The van der Waals surface area contributed by atoms with Gasteiger partial charge < -0.3 is 9.80 Å². The van der Waals surface area contributed by atoms with Crippen LogP contribution in [0.2, 0.25) is 0 Å². The summed E-state index contributed by atoms with van der Waals surface area (Å²) >= 11 is 0. The number of rotatable bonds is 3. The van der Waals surface area contributed by atoms with Crippen LogP contribution in [0.3, 0.4) is 0 Å². The SMILES string of the molecule is CCN1CCN(C(=O)Cc2ccccc2F)CC1. The van der Waals surface area contributed by atoms with Gasteiger partial charge in [-0.2, -0.15) is 0 Å². The monoisotopic (exact) mass is 250 g/mol. The highest BCUT2D eigenvalue weighted by molar-refractivity contribution is 5.78. The van der Waals surface area contributed by atoms with Crippen molar-refractivity contribution in [3.63, 3.8) is 0 Å². The Labute approximate surface area is 107 Å². The fraction of sp³-hybridized carbons (Fsp3) is 0.500. The summed E-state index contributed by atoms with van der Waals surface area (Å²) in [4.78, 5) is 16.2. The van der Waals surface area contributed by atoms with Gasteiger partial charge in [0.25, 0.3) is 0 Å². The van der Waals surface area contributed by atoms with Crippen molar-refractivity contribution in [3.8, 4) is 0 Å². The van der Waals surface area contributed by atoms with E-state index in [1.165, 1.54) is 6.07 Å². The molecule has 3 nitrogen and oxygen atoms in total. The zero-order chi connectivity index (χ0) is 13.0. The summed E-state index contributed by atoms with van der Waals surface area (Å²) in [6, 6.07) is 6.48. The summed E-state index contributed by atoms with van der Waals surface area (Å²) in [5.74, 6) is -0.270. The average molecular weight is 250 g/mol. The zero-order valence-corrected chi connectivity index (χ0v) is 10.7. The van der Waals surface area contributed by atoms with E-state index in [4.69, 9.17) is 0 Å². The summed E-state index contributed by atoms with van der Waals surface area (Å²) in [6.45, 7) is 6.48. The molecule has 18 heavy (non-hydrogen) atoms. The smallest absolute Gasteiger partial charge is 0.227 e. The van der Waals surface area contributed by atoms with E-state index in [0.29, 0.717) is 5.56 Å². The number of halogens is 1. The lowest BCUT2D eigenvalue weighted by atomic mass is 10.1. The number of hydrogen-bond donors (Lipinski definition) is 0. The quantitative estimate of drug-likeness (QED) is 0.812. The predicted molar refractivity (Wildman–Crippen MR) is 68.8 cm³/mol. The minimum absolute atomic E-state index is 0.0239. The van der Waals surface area contributed by atoms with Crippen molar-refractivity contribution in [2.45, 2.75) is 13.3 Å². The second-order valence-corrected chi connectivity index (χ2v) is 4.58. The third kappa shape index (κ3) is 3.07. The molecule has 1 aromatic rings. The lowest BCUT2D eigenvalue weighted by Crippen LogP contribution is -2.48. The molecule has 1 aliphatic heterocycles. The van der Waals surface area contributed by atoms with E-state index in [9.17, 15) is 9.18 Å². The van der Waals surface area contributed by atoms with Crippen molar-refractivity contribution in [2.24, 2.45) is 0 Å². The molecular formula is C14H19FN2O. The number of piperazine rings is 1. The van der Waals surface area contributed by atoms with E-state index in [1.807, 2.05) is 4.90 Å². The Morgan fingerprint density at radius 3 is 2.50 bits per heavy atom. The minimum atomic E-state index is -0.293. The highest BCUT2D eigenvalue weighted by atomic mass is 19.1. The molecule has 0 aromatic heterocycles. The van der Waals surface area contributed by atoms with E-state index in [1.54, 1.807) is 18.2 Å². The number of hydrogen-bond acceptors (Lipinski definition) is 2. The maximum absolute atomic E-state index is 13.5. The van der Waals surface area contributed by atoms with Gasteiger partial charge >= 0.3 is 0 Å². The van der Waals surface area contributed by atoms with Gasteiger partial charge in [0.1, 0.15) is 5.82 Å². The molecule has 1 aliphatic rings. The number of benzene rings is 1. The fourth-order valence-corrected chi connectivity index (χ4v) is 2.23. The van der Waals surface area contributed by atoms with Crippen LogP contribution >= 0.6 is 0 Å². The second-order valence-electron chi connectivity index (χ2n) is 4.58. The van der Waals surface area contributed by atoms with E-state index >= 15 is 0 Å². The van der Waals surface area contributed by atoms with Gasteiger partial charge in [0.05, 0.1) is 6.42 Å². The predicted octanol–water partition coefficient (Wildman–Crippen LogP) is 1.53. The molecule has 0 atom stereocenters. The van der Waals surface area contributed by atoms with Crippen LogP contribution in [-0.4, -0.2) is 48.4 Å². The number of likely N-dealkylation sites (N-methyl/N-ethyl adjacent to an activating group) is 1. The molecule has 0 N–H and O–H groups in total. The third-order valence-electron chi connectivity index (χ3n) is 3.47. The molecule has 2 rings (SSSR count). The first-order valence-electron chi connectivity index (χ1n) is 6.44. The van der Waals surface area contributed by atoms with Gasteiger partial charge in [-0.1, -0.05) is 25.1 Å². The third-order valence-corrected chi connectivity index (χ3v) is 3.47. The molecule has 1 saturated heterocycles. The largest absolute Gasteiger partial charge is 0.340 e. The Morgan fingerprint density at radius 1 is 1.22 bits per heavy atom. The van der Waals surface area contributed by atoms with Gasteiger partial charge in [0, 0.05) is 26.2 Å². The molecule has 1 amide bonds. The fourth-order valence-electron chi connectivity index (χ4n) is 2.23. The maximum atomic E-state index is 13.5. The number of nitrogens with zero attached hydrogens (tertiary/aromatic N) is 2. The number of carbonyl (C=O) groups excluding carboxylic acids is 1. The van der Waals surface area contributed by atoms with E-state index in [0.717, 1.165) is 32.7 Å². The second kappa shape index (κ2) is 5.96. The Hall–Kier alpha value is -1.42. The summed E-state index contributed by atoms with van der Waals surface area (Å²) in [7, 11) is 0. The first-order chi connectivity index (χ1) is 8.70. The summed E-state index contributed by atoms with van der Waals surface area (Å²) in [5.41, 5.74) is 0.487. The molecule has 0 spiro atoms. The first kappa shape index (κ1) is 13.0. The lowest BCUT2D eigenvalue weighted by Gasteiger charge is -2.34. The summed E-state index contributed by atoms with van der Waals surface area (Å²) in [6.07, 6.45) is 0.165. The highest BCUT2D eigenvalue weighted by Gasteiger charge is 2.20. The van der Waals surface area contributed by atoms with Gasteiger partial charge in [0.15, 0.2) is 0 Å².